The number of nitrogens with one attached hydrogen (secondary N) is 2. The Balaban J connectivity index is 1.43. The monoisotopic (exact) mass is 610 g/mol. The van der Waals surface area contributed by atoms with Crippen molar-refractivity contribution in [2.75, 3.05) is 31.3 Å². The number of carbonyl (C=O) groups excluding carboxylic acids is 1. The molecule has 0 aliphatic carbocycles. The second-order valence-electron chi connectivity index (χ2n) is 10.3. The summed E-state index contributed by atoms with van der Waals surface area (Å²) in [5, 5.41) is 22.9. The molecule has 3 heterocycles. The maximum absolute atomic E-state index is 13.7. The Hall–Kier alpha value is -2.62. The van der Waals surface area contributed by atoms with Crippen LogP contribution in [0.3, 0.4) is 0 Å². The molecule has 1 saturated heterocycles. The van der Waals surface area contributed by atoms with Crippen LogP contribution in [0.4, 0.5) is 5.95 Å². The fourth-order valence-corrected chi connectivity index (χ4v) is 6.35. The van der Waals surface area contributed by atoms with Gasteiger partial charge in [-0.15, -0.1) is 0 Å². The predicted molar refractivity (Wildman–Crippen MR) is 153 cm³/mol. The molecule has 224 valence electrons. The number of nitrogens with two attached hydrogens (primary N) is 1. The molecule has 4 rings (SSSR count). The fourth-order valence-electron chi connectivity index (χ4n) is 4.11. The summed E-state index contributed by atoms with van der Waals surface area (Å²) in [5.41, 5.74) is 5.41. The average Bonchev–Trinajstić information content (AvgIpc) is 3.49. The number of aliphatic hydroxyl groups is 2. The van der Waals surface area contributed by atoms with E-state index in [4.69, 9.17) is 19.5 Å². The van der Waals surface area contributed by atoms with E-state index >= 15 is 0 Å². The first kappa shape index (κ1) is 31.3. The maximum Gasteiger partial charge on any atom is 0.405 e. The molecule has 6 N–H and O–H groups in total. The van der Waals surface area contributed by atoms with Crippen LogP contribution in [0.25, 0.3) is 11.2 Å². The standard InChI is InChI=1S/C25H35N6O8PS/c1-15-19(33)17(39-22(15)31-14-27-18-20(31)29-24(26)30-21(18)34)12-38-40(36,28-11-16-7-5-4-6-8-16)37-9-10-41-23(35)25(2,3)13-32/h4-8,14-15,17,19,22,32-33H,9-13H2,1-3H3,(H,28,36)(H3,26,29,30,34)/t15-,17+,19-,22?,40?/m0/s1. The molecule has 1 aliphatic heterocycles. The topological polar surface area (TPSA) is 204 Å². The lowest BCUT2D eigenvalue weighted by atomic mass is 9.97. The first-order chi connectivity index (χ1) is 19.4. The van der Waals surface area contributed by atoms with Gasteiger partial charge in [-0.05, 0) is 19.4 Å². The minimum absolute atomic E-state index is 0.0749. The van der Waals surface area contributed by atoms with E-state index in [1.807, 2.05) is 30.3 Å². The normalized spacial score (nSPS) is 22.7. The van der Waals surface area contributed by atoms with Gasteiger partial charge in [0.1, 0.15) is 12.3 Å². The van der Waals surface area contributed by atoms with Crippen molar-refractivity contribution >= 4 is 41.7 Å². The Bertz CT molecular complexity index is 1450. The van der Waals surface area contributed by atoms with E-state index in [-0.39, 0.29) is 54.3 Å². The summed E-state index contributed by atoms with van der Waals surface area (Å²) in [6, 6.07) is 9.24. The highest BCUT2D eigenvalue weighted by molar-refractivity contribution is 8.13. The Labute approximate surface area is 240 Å². The molecule has 2 unspecified atom stereocenters. The number of fused-ring (bicyclic) bond motifs is 1. The number of thioether (sulfide) groups is 1. The smallest absolute Gasteiger partial charge is 0.395 e. The molecular weight excluding hydrogens is 575 g/mol. The van der Waals surface area contributed by atoms with E-state index in [0.717, 1.165) is 17.3 Å². The largest absolute Gasteiger partial charge is 0.405 e. The third-order valence-electron chi connectivity index (χ3n) is 6.66. The van der Waals surface area contributed by atoms with Crippen molar-refractivity contribution in [3.05, 3.63) is 52.6 Å². The van der Waals surface area contributed by atoms with Crippen molar-refractivity contribution in [3.63, 3.8) is 0 Å². The van der Waals surface area contributed by atoms with Crippen molar-refractivity contribution in [2.24, 2.45) is 11.3 Å². The number of aromatic nitrogens is 4. The van der Waals surface area contributed by atoms with E-state index in [0.29, 0.717) is 0 Å². The van der Waals surface area contributed by atoms with Crippen LogP contribution in [0.5, 0.6) is 0 Å². The highest BCUT2D eigenvalue weighted by atomic mass is 32.2. The molecule has 5 atom stereocenters. The second kappa shape index (κ2) is 13.1. The molecular formula is C25H35N6O8PS. The van der Waals surface area contributed by atoms with Gasteiger partial charge in [-0.25, -0.2) is 14.6 Å². The SMILES string of the molecule is C[C@@H]1C(n2cnc3c(=O)[nH]c(N)nc32)O[C@H](COP(=O)(NCc2ccccc2)OCCSC(=O)C(C)(C)CO)[C@H]1O. The summed E-state index contributed by atoms with van der Waals surface area (Å²) in [6.45, 7) is 4.55. The van der Waals surface area contributed by atoms with Crippen LogP contribution in [-0.4, -0.2) is 72.6 Å². The van der Waals surface area contributed by atoms with Crippen LogP contribution < -0.4 is 16.4 Å². The number of imidazole rings is 1. The lowest BCUT2D eigenvalue weighted by Gasteiger charge is -2.23. The van der Waals surface area contributed by atoms with Crippen molar-refractivity contribution in [1.82, 2.24) is 24.6 Å². The number of H-pyrrole nitrogens is 1. The van der Waals surface area contributed by atoms with Crippen molar-refractivity contribution < 1.29 is 33.4 Å². The number of carbonyl (C=O) groups is 1. The fraction of sp³-hybridized carbons (Fsp3) is 0.520. The lowest BCUT2D eigenvalue weighted by molar-refractivity contribution is -0.119. The number of rotatable bonds is 13. The summed E-state index contributed by atoms with van der Waals surface area (Å²) >= 11 is 0.968. The number of ether oxygens (including phenoxy) is 1. The van der Waals surface area contributed by atoms with Gasteiger partial charge in [-0.3, -0.25) is 28.2 Å². The maximum atomic E-state index is 13.7. The van der Waals surface area contributed by atoms with E-state index in [1.54, 1.807) is 20.8 Å². The molecule has 0 saturated carbocycles. The summed E-state index contributed by atoms with van der Waals surface area (Å²) in [5.74, 6) is -0.372. The number of hydrogen-bond donors (Lipinski definition) is 5. The van der Waals surface area contributed by atoms with Crippen molar-refractivity contribution in [2.45, 2.75) is 45.8 Å². The summed E-state index contributed by atoms with van der Waals surface area (Å²) < 4.78 is 32.6. The van der Waals surface area contributed by atoms with Gasteiger partial charge < -0.3 is 20.7 Å². The number of hydrogen-bond acceptors (Lipinski definition) is 12. The molecule has 0 bridgehead atoms. The molecule has 16 heteroatoms. The van der Waals surface area contributed by atoms with E-state index in [1.165, 1.54) is 10.9 Å². The van der Waals surface area contributed by atoms with Gasteiger partial charge in [0.25, 0.3) is 5.56 Å². The van der Waals surface area contributed by atoms with Crippen LogP contribution in [-0.2, 0) is 29.7 Å². The van der Waals surface area contributed by atoms with Gasteiger partial charge in [0.05, 0.1) is 37.7 Å². The van der Waals surface area contributed by atoms with Crippen LogP contribution in [0.1, 0.15) is 32.6 Å². The third-order valence-corrected chi connectivity index (χ3v) is 9.40. The molecule has 0 radical (unpaired) electrons. The highest BCUT2D eigenvalue weighted by Crippen LogP contribution is 2.46. The zero-order valence-electron chi connectivity index (χ0n) is 22.9. The highest BCUT2D eigenvalue weighted by Gasteiger charge is 2.44. The van der Waals surface area contributed by atoms with Gasteiger partial charge in [0.15, 0.2) is 16.3 Å². The third kappa shape index (κ3) is 7.43. The molecule has 3 aromatic rings. The van der Waals surface area contributed by atoms with E-state index in [9.17, 15) is 24.4 Å². The number of anilines is 1. The quantitative estimate of drug-likeness (QED) is 0.139. The average molecular weight is 611 g/mol. The van der Waals surface area contributed by atoms with Gasteiger partial charge in [-0.1, -0.05) is 49.0 Å². The summed E-state index contributed by atoms with van der Waals surface area (Å²) in [7, 11) is -3.93. The Morgan fingerprint density at radius 3 is 2.76 bits per heavy atom. The van der Waals surface area contributed by atoms with Gasteiger partial charge in [0.2, 0.25) is 5.95 Å². The molecule has 1 aliphatic rings. The van der Waals surface area contributed by atoms with E-state index < -0.39 is 43.1 Å². The van der Waals surface area contributed by atoms with Crippen molar-refractivity contribution in [3.8, 4) is 0 Å². The molecule has 41 heavy (non-hydrogen) atoms. The minimum Gasteiger partial charge on any atom is -0.395 e. The first-order valence-electron chi connectivity index (χ1n) is 13.0. The zero-order valence-corrected chi connectivity index (χ0v) is 24.6. The van der Waals surface area contributed by atoms with Crippen LogP contribution in [0.15, 0.2) is 41.5 Å². The summed E-state index contributed by atoms with van der Waals surface area (Å²) in [4.78, 5) is 35.1. The predicted octanol–water partition coefficient (Wildman–Crippen LogP) is 1.81. The number of aliphatic hydroxyl groups excluding tert-OH is 2. The lowest BCUT2D eigenvalue weighted by Crippen LogP contribution is -2.30. The van der Waals surface area contributed by atoms with Crippen molar-refractivity contribution in [1.29, 1.82) is 0 Å². The van der Waals surface area contributed by atoms with Gasteiger partial charge in [0, 0.05) is 18.2 Å². The molecule has 1 fully saturated rings. The molecule has 0 amide bonds. The van der Waals surface area contributed by atoms with Gasteiger partial charge in [-0.2, -0.15) is 4.98 Å². The Kier molecular flexibility index (Phi) is 10.0. The number of aromatic amines is 1. The second-order valence-corrected chi connectivity index (χ2v) is 13.2. The van der Waals surface area contributed by atoms with Gasteiger partial charge >= 0.3 is 7.75 Å². The van der Waals surface area contributed by atoms with Crippen LogP contribution >= 0.6 is 19.5 Å². The zero-order chi connectivity index (χ0) is 29.8. The Morgan fingerprint density at radius 2 is 2.05 bits per heavy atom. The molecule has 0 spiro atoms. The first-order valence-corrected chi connectivity index (χ1v) is 15.5. The number of nitrogen functional groups attached to an aromatic ring is 1. The number of nitrogens with zero attached hydrogens (tertiary/aromatic N) is 3. The van der Waals surface area contributed by atoms with E-state index in [2.05, 4.69) is 20.0 Å². The summed E-state index contributed by atoms with van der Waals surface area (Å²) in [6.07, 6.45) is -1.29. The molecule has 1 aromatic carbocycles. The molecule has 2 aromatic heterocycles. The molecule has 14 nitrogen and oxygen atoms in total. The number of benzene rings is 1. The van der Waals surface area contributed by atoms with Crippen LogP contribution in [0.2, 0.25) is 0 Å². The Morgan fingerprint density at radius 1 is 1.32 bits per heavy atom. The minimum atomic E-state index is -3.93. The van der Waals surface area contributed by atoms with Crippen LogP contribution in [0, 0.1) is 11.3 Å².